The van der Waals surface area contributed by atoms with Crippen molar-refractivity contribution in [2.24, 2.45) is 17.3 Å². The number of hydrogen-bond donors (Lipinski definition) is 1. The van der Waals surface area contributed by atoms with Gasteiger partial charge in [0, 0.05) is 20.2 Å². The summed E-state index contributed by atoms with van der Waals surface area (Å²) in [5.74, 6) is -0.861. The van der Waals surface area contributed by atoms with Crippen molar-refractivity contribution in [2.75, 3.05) is 6.61 Å². The van der Waals surface area contributed by atoms with Gasteiger partial charge in [0.15, 0.2) is 5.03 Å². The van der Waals surface area contributed by atoms with Crippen LogP contribution in [0.25, 0.3) is 11.3 Å². The molecule has 8 nitrogen and oxygen atoms in total. The average Bonchev–Trinajstić information content (AvgIpc) is 2.84. The molecule has 40 heavy (non-hydrogen) atoms. The highest BCUT2D eigenvalue weighted by Crippen LogP contribution is 2.33. The Morgan fingerprint density at radius 2 is 1.75 bits per heavy atom. The van der Waals surface area contributed by atoms with Gasteiger partial charge in [-0.1, -0.05) is 54.5 Å². The highest BCUT2D eigenvalue weighted by molar-refractivity contribution is 7.90. The van der Waals surface area contributed by atoms with Crippen LogP contribution in [0.4, 0.5) is 4.39 Å². The monoisotopic (exact) mass is 575 g/mol. The number of ether oxygens (including phenoxy) is 2. The summed E-state index contributed by atoms with van der Waals surface area (Å²) in [7, 11) is -4.27. The molecule has 1 amide bonds. The normalized spacial score (nSPS) is 12.9. The summed E-state index contributed by atoms with van der Waals surface area (Å²) in [6.07, 6.45) is -0.380. The molecule has 0 aliphatic rings. The Labute approximate surface area is 239 Å². The number of sulfonamides is 1. The van der Waals surface area contributed by atoms with E-state index in [9.17, 15) is 17.6 Å². The van der Waals surface area contributed by atoms with Crippen molar-refractivity contribution < 1.29 is 29.9 Å². The Morgan fingerprint density at radius 1 is 1.05 bits per heavy atom. The number of benzene rings is 1. The maximum absolute atomic E-state index is 14.5. The molecule has 1 aromatic carbocycles. The van der Waals surface area contributed by atoms with Gasteiger partial charge in [0.05, 0.1) is 12.3 Å². The van der Waals surface area contributed by atoms with E-state index < -0.39 is 21.7 Å². The number of hydrogen-bond acceptors (Lipinski definition) is 7. The molecule has 3 aromatic rings. The van der Waals surface area contributed by atoms with E-state index in [4.69, 9.17) is 9.47 Å². The molecule has 220 valence electrons. The van der Waals surface area contributed by atoms with Crippen LogP contribution in [0.15, 0.2) is 53.6 Å². The van der Waals surface area contributed by atoms with Gasteiger partial charge in [0.2, 0.25) is 5.88 Å². The molecule has 0 saturated carbocycles. The molecule has 2 aromatic heterocycles. The van der Waals surface area contributed by atoms with Gasteiger partial charge in [-0.25, -0.2) is 19.1 Å². The highest BCUT2D eigenvalue weighted by Gasteiger charge is 2.32. The maximum atomic E-state index is 14.5. The van der Waals surface area contributed by atoms with E-state index in [2.05, 4.69) is 14.7 Å². The third-order valence-corrected chi connectivity index (χ3v) is 7.15. The van der Waals surface area contributed by atoms with Crippen molar-refractivity contribution in [1.29, 1.82) is 0 Å². The minimum Gasteiger partial charge on any atom is -0.493 e. The lowest BCUT2D eigenvalue weighted by Crippen LogP contribution is -2.38. The fraction of sp³-hybridized carbons (Fsp3) is 0.433. The first-order valence-electron chi connectivity index (χ1n) is 13.2. The van der Waals surface area contributed by atoms with E-state index >= 15 is 0 Å². The lowest BCUT2D eigenvalue weighted by atomic mass is 9.82. The van der Waals surface area contributed by atoms with Crippen molar-refractivity contribution in [3.8, 4) is 22.9 Å². The Morgan fingerprint density at radius 3 is 2.35 bits per heavy atom. The number of nitrogens with one attached hydrogen (secondary N) is 1. The summed E-state index contributed by atoms with van der Waals surface area (Å²) in [5, 5.41) is -0.281. The minimum atomic E-state index is -4.27. The molecule has 0 aliphatic heterocycles. The summed E-state index contributed by atoms with van der Waals surface area (Å²) >= 11 is 0. The van der Waals surface area contributed by atoms with Gasteiger partial charge in [-0.2, -0.15) is 8.42 Å². The predicted octanol–water partition coefficient (Wildman–Crippen LogP) is 6.69. The van der Waals surface area contributed by atoms with Crippen LogP contribution in [0.5, 0.6) is 11.6 Å². The lowest BCUT2D eigenvalue weighted by Gasteiger charge is -2.34. The molecule has 0 saturated heterocycles. The standard InChI is InChI=1S/C30H38FN3O5S.2H2/c1-18(2)17-38-23-15-21(14-22(31)16-23)25-13-12-24(29(33-25)39-27(19(3)4)30(6,7)8)28(35)34-40(36,37)26-11-9-10-20(5)32-26;;/h9-16,18-19,27H,17H2,1-8H3,(H,34,35);2*1H. The van der Waals surface area contributed by atoms with Crippen molar-refractivity contribution in [3.05, 3.63) is 65.6 Å². The fourth-order valence-corrected chi connectivity index (χ4v) is 5.23. The number of aryl methyl sites for hydroxylation is 1. The van der Waals surface area contributed by atoms with Crippen molar-refractivity contribution in [1.82, 2.24) is 14.7 Å². The second-order valence-corrected chi connectivity index (χ2v) is 13.3. The zero-order valence-corrected chi connectivity index (χ0v) is 25.1. The molecule has 0 aliphatic carbocycles. The highest BCUT2D eigenvalue weighted by atomic mass is 32.2. The summed E-state index contributed by atoms with van der Waals surface area (Å²) in [6.45, 7) is 16.0. The van der Waals surface area contributed by atoms with Gasteiger partial charge < -0.3 is 9.47 Å². The van der Waals surface area contributed by atoms with E-state index in [1.807, 2.05) is 48.5 Å². The Hall–Kier alpha value is -3.53. The summed E-state index contributed by atoms with van der Waals surface area (Å²) in [4.78, 5) is 21.9. The Kier molecular flexibility index (Phi) is 9.56. The van der Waals surface area contributed by atoms with E-state index in [-0.39, 0.29) is 42.7 Å². The largest absolute Gasteiger partial charge is 0.493 e. The third-order valence-electron chi connectivity index (χ3n) is 5.92. The van der Waals surface area contributed by atoms with Crippen molar-refractivity contribution in [2.45, 2.75) is 66.5 Å². The SMILES string of the molecule is Cc1cccc(S(=O)(=O)NC(=O)c2ccc(-c3cc(F)cc(OCC(C)C)c3)nc2OC(C(C)C)C(C)(C)C)n1.[HH].[HH]. The second kappa shape index (κ2) is 12.3. The van der Waals surface area contributed by atoms with Gasteiger partial charge in [-0.15, -0.1) is 0 Å². The molecule has 10 heteroatoms. The molecule has 0 fully saturated rings. The topological polar surface area (TPSA) is 107 Å². The minimum absolute atomic E-state index is 0. The fourth-order valence-electron chi connectivity index (χ4n) is 4.25. The number of carbonyl (C=O) groups is 1. The van der Waals surface area contributed by atoms with Crippen LogP contribution in [0.3, 0.4) is 0 Å². The summed E-state index contributed by atoms with van der Waals surface area (Å²) in [6, 6.07) is 11.7. The first-order valence-corrected chi connectivity index (χ1v) is 14.7. The van der Waals surface area contributed by atoms with Gasteiger partial charge in [-0.3, -0.25) is 4.79 Å². The molecule has 1 N–H and O–H groups in total. The molecule has 3 rings (SSSR count). The smallest absolute Gasteiger partial charge is 0.281 e. The quantitative estimate of drug-likeness (QED) is 0.287. The van der Waals surface area contributed by atoms with Gasteiger partial charge >= 0.3 is 0 Å². The van der Waals surface area contributed by atoms with E-state index in [0.29, 0.717) is 29.3 Å². The van der Waals surface area contributed by atoms with E-state index in [1.54, 1.807) is 25.1 Å². The zero-order chi connectivity index (χ0) is 29.8. The van der Waals surface area contributed by atoms with Crippen LogP contribution >= 0.6 is 0 Å². The average molecular weight is 576 g/mol. The van der Waals surface area contributed by atoms with Crippen LogP contribution < -0.4 is 14.2 Å². The Bertz CT molecular complexity index is 1480. The van der Waals surface area contributed by atoms with Crippen molar-refractivity contribution >= 4 is 15.9 Å². The molecule has 2 heterocycles. The van der Waals surface area contributed by atoms with Gasteiger partial charge in [-0.05, 0) is 60.6 Å². The zero-order valence-electron chi connectivity index (χ0n) is 24.3. The third kappa shape index (κ3) is 8.00. The number of aromatic nitrogens is 2. The molecule has 1 unspecified atom stereocenters. The molecule has 0 bridgehead atoms. The predicted molar refractivity (Wildman–Crippen MR) is 157 cm³/mol. The Balaban J connectivity index is 0.00000441. The molecular formula is C30H42FN3O5S. The van der Waals surface area contributed by atoms with Crippen molar-refractivity contribution in [3.63, 3.8) is 0 Å². The summed E-state index contributed by atoms with van der Waals surface area (Å²) in [5.41, 5.74) is 0.822. The maximum Gasteiger partial charge on any atom is 0.281 e. The number of nitrogens with zero attached hydrogens (tertiary/aromatic N) is 2. The van der Waals surface area contributed by atoms with Gasteiger partial charge in [0.25, 0.3) is 15.9 Å². The molecule has 0 radical (unpaired) electrons. The number of amides is 1. The summed E-state index contributed by atoms with van der Waals surface area (Å²) < 4.78 is 54.5. The van der Waals surface area contributed by atoms with Crippen LogP contribution in [0.1, 0.15) is 67.4 Å². The molecular weight excluding hydrogens is 533 g/mol. The van der Waals surface area contributed by atoms with Crippen LogP contribution in [0, 0.1) is 30.0 Å². The van der Waals surface area contributed by atoms with E-state index in [1.165, 1.54) is 30.3 Å². The molecule has 1 atom stereocenters. The first-order chi connectivity index (χ1) is 18.6. The lowest BCUT2D eigenvalue weighted by molar-refractivity contribution is 0.0422. The van der Waals surface area contributed by atoms with Crippen LogP contribution in [-0.4, -0.2) is 37.0 Å². The van der Waals surface area contributed by atoms with Crippen LogP contribution in [0.2, 0.25) is 0 Å². The van der Waals surface area contributed by atoms with E-state index in [0.717, 1.165) is 0 Å². The number of rotatable bonds is 10. The number of carbonyl (C=O) groups excluding carboxylic acids is 1. The van der Waals surface area contributed by atoms with Gasteiger partial charge in [0.1, 0.15) is 23.2 Å². The number of pyridine rings is 2. The first kappa shape index (κ1) is 31.0. The number of halogens is 1. The molecule has 0 spiro atoms. The van der Waals surface area contributed by atoms with Crippen LogP contribution in [-0.2, 0) is 10.0 Å². The second-order valence-electron chi connectivity index (χ2n) is 11.6.